The summed E-state index contributed by atoms with van der Waals surface area (Å²) in [7, 11) is 0. The van der Waals surface area contributed by atoms with Crippen molar-refractivity contribution in [3.05, 3.63) is 16.0 Å². The molecule has 76 valence electrons. The van der Waals surface area contributed by atoms with Gasteiger partial charge in [0.05, 0.1) is 0 Å². The largest absolute Gasteiger partial charge is 0.339 e. The van der Waals surface area contributed by atoms with E-state index in [1.165, 1.54) is 0 Å². The van der Waals surface area contributed by atoms with Gasteiger partial charge in [0.2, 0.25) is 5.95 Å². The lowest BCUT2D eigenvalue weighted by atomic mass is 10.4. The van der Waals surface area contributed by atoms with E-state index in [0.717, 1.165) is 30.6 Å². The molecule has 0 atom stereocenters. The average molecular weight is 195 g/mol. The molecular weight excluding hydrogens is 182 g/mol. The molecule has 0 radical (unpaired) electrons. The minimum Gasteiger partial charge on any atom is -0.339 e. The number of aryl methyl sites for hydroxylation is 1. The van der Waals surface area contributed by atoms with Gasteiger partial charge in [0.25, 0.3) is 5.56 Å². The molecule has 0 amide bonds. The Labute approximate surface area is 81.3 Å². The zero-order valence-electron chi connectivity index (χ0n) is 8.10. The van der Waals surface area contributed by atoms with Gasteiger partial charge in [0.1, 0.15) is 5.69 Å². The van der Waals surface area contributed by atoms with Crippen LogP contribution in [-0.2, 0) is 0 Å². The van der Waals surface area contributed by atoms with Gasteiger partial charge in [-0.1, -0.05) is 0 Å². The molecule has 0 aromatic carbocycles. The summed E-state index contributed by atoms with van der Waals surface area (Å²) in [6.07, 6.45) is 2.23. The van der Waals surface area contributed by atoms with Crippen LogP contribution in [0.25, 0.3) is 0 Å². The van der Waals surface area contributed by atoms with Crippen LogP contribution in [-0.4, -0.2) is 28.0 Å². The van der Waals surface area contributed by atoms with E-state index < -0.39 is 0 Å². The van der Waals surface area contributed by atoms with Crippen molar-refractivity contribution in [1.29, 1.82) is 0 Å². The second-order valence-electron chi connectivity index (χ2n) is 3.45. The second kappa shape index (κ2) is 3.28. The molecule has 1 aromatic heterocycles. The lowest BCUT2D eigenvalue weighted by Crippen LogP contribution is -2.37. The highest BCUT2D eigenvalue weighted by Gasteiger charge is 2.18. The summed E-state index contributed by atoms with van der Waals surface area (Å²) in [5.74, 6) is 6.09. The number of nitrogen functional groups attached to an aromatic ring is 1. The first-order valence-electron chi connectivity index (χ1n) is 4.66. The molecule has 1 aliphatic rings. The molecular formula is C8H13N5O. The van der Waals surface area contributed by atoms with Gasteiger partial charge in [0.15, 0.2) is 0 Å². The number of nitrogens with zero attached hydrogens (tertiary/aromatic N) is 4. The number of hydrogen-bond donors (Lipinski definition) is 1. The van der Waals surface area contributed by atoms with Crippen LogP contribution in [0.4, 0.5) is 5.95 Å². The first-order chi connectivity index (χ1) is 6.70. The maximum atomic E-state index is 11.5. The molecule has 1 saturated heterocycles. The van der Waals surface area contributed by atoms with Gasteiger partial charge >= 0.3 is 0 Å². The highest BCUT2D eigenvalue weighted by molar-refractivity contribution is 5.31. The minimum atomic E-state index is -0.276. The van der Waals surface area contributed by atoms with Gasteiger partial charge in [-0.15, -0.1) is 10.2 Å². The van der Waals surface area contributed by atoms with Crippen molar-refractivity contribution < 1.29 is 0 Å². The molecule has 6 heteroatoms. The van der Waals surface area contributed by atoms with E-state index in [1.807, 2.05) is 4.90 Å². The van der Waals surface area contributed by atoms with Crippen LogP contribution in [0.15, 0.2) is 4.79 Å². The Kier molecular flexibility index (Phi) is 2.11. The van der Waals surface area contributed by atoms with Crippen molar-refractivity contribution >= 4 is 5.95 Å². The SMILES string of the molecule is Cc1nnc(N2CCCC2)n(N)c1=O. The van der Waals surface area contributed by atoms with E-state index >= 15 is 0 Å². The van der Waals surface area contributed by atoms with E-state index in [4.69, 9.17) is 5.84 Å². The zero-order valence-corrected chi connectivity index (χ0v) is 8.10. The molecule has 1 aliphatic heterocycles. The summed E-state index contributed by atoms with van der Waals surface area (Å²) in [4.78, 5) is 13.4. The fraction of sp³-hybridized carbons (Fsp3) is 0.625. The molecule has 2 N–H and O–H groups in total. The summed E-state index contributed by atoms with van der Waals surface area (Å²) in [6.45, 7) is 3.40. The number of anilines is 1. The fourth-order valence-corrected chi connectivity index (χ4v) is 1.61. The van der Waals surface area contributed by atoms with Crippen LogP contribution in [0, 0.1) is 6.92 Å². The maximum absolute atomic E-state index is 11.5. The summed E-state index contributed by atoms with van der Waals surface area (Å²) in [6, 6.07) is 0. The standard InChI is InChI=1S/C8H13N5O/c1-6-7(14)13(9)8(11-10-6)12-4-2-3-5-12/h2-5,9H2,1H3. The Morgan fingerprint density at radius 1 is 1.29 bits per heavy atom. The van der Waals surface area contributed by atoms with Gasteiger partial charge < -0.3 is 10.7 Å². The molecule has 6 nitrogen and oxygen atoms in total. The van der Waals surface area contributed by atoms with E-state index in [2.05, 4.69) is 10.2 Å². The fourth-order valence-electron chi connectivity index (χ4n) is 1.61. The van der Waals surface area contributed by atoms with Crippen molar-refractivity contribution in [2.45, 2.75) is 19.8 Å². The van der Waals surface area contributed by atoms with Crippen LogP contribution in [0.2, 0.25) is 0 Å². The van der Waals surface area contributed by atoms with Crippen molar-refractivity contribution in [3.63, 3.8) is 0 Å². The van der Waals surface area contributed by atoms with Gasteiger partial charge in [-0.2, -0.15) is 4.68 Å². The normalized spacial score (nSPS) is 16.2. The molecule has 0 spiro atoms. The van der Waals surface area contributed by atoms with E-state index in [9.17, 15) is 4.79 Å². The lowest BCUT2D eigenvalue weighted by molar-refractivity contribution is 0.744. The molecule has 0 unspecified atom stereocenters. The molecule has 0 bridgehead atoms. The number of rotatable bonds is 1. The average Bonchev–Trinajstić information content (AvgIpc) is 2.67. The second-order valence-corrected chi connectivity index (χ2v) is 3.45. The van der Waals surface area contributed by atoms with Gasteiger partial charge in [-0.3, -0.25) is 4.79 Å². The third kappa shape index (κ3) is 1.32. The predicted molar refractivity (Wildman–Crippen MR) is 52.6 cm³/mol. The Morgan fingerprint density at radius 3 is 2.57 bits per heavy atom. The van der Waals surface area contributed by atoms with Crippen molar-refractivity contribution in [2.75, 3.05) is 23.8 Å². The maximum Gasteiger partial charge on any atom is 0.295 e. The van der Waals surface area contributed by atoms with Crippen LogP contribution in [0.5, 0.6) is 0 Å². The summed E-state index contributed by atoms with van der Waals surface area (Å²) in [5.41, 5.74) is 0.0531. The van der Waals surface area contributed by atoms with Gasteiger partial charge in [0, 0.05) is 13.1 Å². The molecule has 1 fully saturated rings. The molecule has 2 rings (SSSR count). The van der Waals surface area contributed by atoms with Crippen LogP contribution in [0.1, 0.15) is 18.5 Å². The van der Waals surface area contributed by atoms with Crippen LogP contribution >= 0.6 is 0 Å². The topological polar surface area (TPSA) is 77.0 Å². The Hall–Kier alpha value is -1.59. The lowest BCUT2D eigenvalue weighted by Gasteiger charge is -2.17. The smallest absolute Gasteiger partial charge is 0.295 e. The summed E-state index contributed by atoms with van der Waals surface area (Å²) < 4.78 is 1.08. The quantitative estimate of drug-likeness (QED) is 0.597. The number of nitrogens with two attached hydrogens (primary N) is 1. The van der Waals surface area contributed by atoms with Crippen molar-refractivity contribution in [3.8, 4) is 0 Å². The molecule has 0 aliphatic carbocycles. The van der Waals surface area contributed by atoms with Gasteiger partial charge in [-0.25, -0.2) is 0 Å². The third-order valence-corrected chi connectivity index (χ3v) is 2.42. The van der Waals surface area contributed by atoms with E-state index in [0.29, 0.717) is 11.6 Å². The Balaban J connectivity index is 2.43. The third-order valence-electron chi connectivity index (χ3n) is 2.42. The summed E-state index contributed by atoms with van der Waals surface area (Å²) in [5, 5.41) is 7.71. The van der Waals surface area contributed by atoms with Gasteiger partial charge in [-0.05, 0) is 19.8 Å². The predicted octanol–water partition coefficient (Wildman–Crippen LogP) is -0.739. The van der Waals surface area contributed by atoms with Crippen LogP contribution in [0.3, 0.4) is 0 Å². The minimum absolute atomic E-state index is 0.276. The number of aromatic nitrogens is 3. The highest BCUT2D eigenvalue weighted by atomic mass is 16.1. The number of hydrogen-bond acceptors (Lipinski definition) is 5. The first kappa shape index (κ1) is 8.98. The highest BCUT2D eigenvalue weighted by Crippen LogP contribution is 2.13. The monoisotopic (exact) mass is 195 g/mol. The van der Waals surface area contributed by atoms with Crippen LogP contribution < -0.4 is 16.3 Å². The molecule has 0 saturated carbocycles. The summed E-state index contributed by atoms with van der Waals surface area (Å²) >= 11 is 0. The van der Waals surface area contributed by atoms with E-state index in [-0.39, 0.29) is 5.56 Å². The molecule has 14 heavy (non-hydrogen) atoms. The Morgan fingerprint density at radius 2 is 1.93 bits per heavy atom. The Bertz CT molecular complexity index is 393. The molecule has 2 heterocycles. The molecule has 1 aromatic rings. The van der Waals surface area contributed by atoms with Crippen molar-refractivity contribution in [1.82, 2.24) is 14.9 Å². The first-order valence-corrected chi connectivity index (χ1v) is 4.66. The zero-order chi connectivity index (χ0) is 10.1. The van der Waals surface area contributed by atoms with E-state index in [1.54, 1.807) is 6.92 Å². The van der Waals surface area contributed by atoms with Crippen molar-refractivity contribution in [2.24, 2.45) is 0 Å².